The summed E-state index contributed by atoms with van der Waals surface area (Å²) in [5.41, 5.74) is 0.822. The molecule has 0 aliphatic carbocycles. The summed E-state index contributed by atoms with van der Waals surface area (Å²) in [6.45, 7) is 0.213. The van der Waals surface area contributed by atoms with Gasteiger partial charge in [-0.2, -0.15) is 0 Å². The zero-order valence-corrected chi connectivity index (χ0v) is 13.4. The van der Waals surface area contributed by atoms with Crippen LogP contribution >= 0.6 is 11.6 Å². The summed E-state index contributed by atoms with van der Waals surface area (Å²) in [6, 6.07) is 14.0. The molecule has 0 heterocycles. The third-order valence-electron chi connectivity index (χ3n) is 3.04. The molecule has 0 fully saturated rings. The Kier molecular flexibility index (Phi) is 5.05. The highest BCUT2D eigenvalue weighted by Gasteiger charge is 2.24. The summed E-state index contributed by atoms with van der Waals surface area (Å²) in [5.74, 6) is 0. The zero-order valence-electron chi connectivity index (χ0n) is 11.9. The van der Waals surface area contributed by atoms with Crippen molar-refractivity contribution < 1.29 is 13.2 Å². The van der Waals surface area contributed by atoms with Gasteiger partial charge in [-0.3, -0.25) is 0 Å². The van der Waals surface area contributed by atoms with E-state index in [2.05, 4.69) is 5.32 Å². The predicted octanol–water partition coefficient (Wildman–Crippen LogP) is 2.87. The average molecular weight is 339 g/mol. The lowest BCUT2D eigenvalue weighted by molar-refractivity contribution is 0.228. The molecule has 2 amide bonds. The second-order valence-corrected chi connectivity index (χ2v) is 6.98. The number of hydrogen-bond donors (Lipinski definition) is 1. The van der Waals surface area contributed by atoms with Gasteiger partial charge >= 0.3 is 6.03 Å². The molecule has 0 aliphatic rings. The third-order valence-corrected chi connectivity index (χ3v) is 5.05. The van der Waals surface area contributed by atoms with Crippen molar-refractivity contribution in [3.8, 4) is 0 Å². The van der Waals surface area contributed by atoms with E-state index in [4.69, 9.17) is 11.6 Å². The number of nitrogens with one attached hydrogen (secondary N) is 1. The van der Waals surface area contributed by atoms with E-state index in [0.717, 1.165) is 5.56 Å². The van der Waals surface area contributed by atoms with Crippen molar-refractivity contribution in [3.63, 3.8) is 0 Å². The lowest BCUT2D eigenvalue weighted by atomic mass is 10.2. The molecule has 0 radical (unpaired) electrons. The number of carbonyl (C=O) groups is 1. The van der Waals surface area contributed by atoms with Crippen LogP contribution in [0, 0.1) is 0 Å². The number of benzene rings is 2. The van der Waals surface area contributed by atoms with E-state index in [9.17, 15) is 13.2 Å². The fraction of sp³-hybridized carbons (Fsp3) is 0.133. The summed E-state index contributed by atoms with van der Waals surface area (Å²) in [7, 11) is -2.63. The average Bonchev–Trinajstić information content (AvgIpc) is 2.54. The Bertz CT molecular complexity index is 746. The first-order valence-corrected chi connectivity index (χ1v) is 8.29. The molecular weight excluding hydrogens is 324 g/mol. The predicted molar refractivity (Wildman–Crippen MR) is 85.1 cm³/mol. The molecule has 5 nitrogen and oxygen atoms in total. The van der Waals surface area contributed by atoms with Crippen molar-refractivity contribution in [1.82, 2.24) is 9.62 Å². The molecule has 7 heteroatoms. The first-order valence-electron chi connectivity index (χ1n) is 6.47. The van der Waals surface area contributed by atoms with Crippen molar-refractivity contribution in [2.75, 3.05) is 7.05 Å². The van der Waals surface area contributed by atoms with Crippen molar-refractivity contribution in [2.45, 2.75) is 11.4 Å². The molecule has 0 unspecified atom stereocenters. The van der Waals surface area contributed by atoms with Gasteiger partial charge in [0.1, 0.15) is 0 Å². The van der Waals surface area contributed by atoms with Crippen LogP contribution in [0.25, 0.3) is 0 Å². The molecule has 2 aromatic rings. The quantitative estimate of drug-likeness (QED) is 0.932. The van der Waals surface area contributed by atoms with Crippen LogP contribution in [-0.2, 0) is 16.6 Å². The summed E-state index contributed by atoms with van der Waals surface area (Å²) in [5, 5.41) is 3.15. The number of nitrogens with zero attached hydrogens (tertiary/aromatic N) is 1. The molecular formula is C15H15ClN2O3S. The number of amides is 2. The number of sulfonamides is 1. The maximum absolute atomic E-state index is 12.3. The van der Waals surface area contributed by atoms with Gasteiger partial charge in [-0.25, -0.2) is 17.5 Å². The van der Waals surface area contributed by atoms with Crippen molar-refractivity contribution >= 4 is 27.7 Å². The van der Waals surface area contributed by atoms with Crippen LogP contribution in [0.15, 0.2) is 59.5 Å². The summed E-state index contributed by atoms with van der Waals surface area (Å²) in [4.78, 5) is 12.1. The molecule has 0 spiro atoms. The van der Waals surface area contributed by atoms with Gasteiger partial charge in [0, 0.05) is 18.6 Å². The Morgan fingerprint density at radius 1 is 1.09 bits per heavy atom. The van der Waals surface area contributed by atoms with Crippen molar-refractivity contribution in [2.24, 2.45) is 0 Å². The molecule has 22 heavy (non-hydrogen) atoms. The van der Waals surface area contributed by atoms with Crippen LogP contribution in [0.5, 0.6) is 0 Å². The Morgan fingerprint density at radius 3 is 2.27 bits per heavy atom. The molecule has 2 aromatic carbocycles. The topological polar surface area (TPSA) is 66.5 Å². The van der Waals surface area contributed by atoms with Crippen LogP contribution in [0.3, 0.4) is 0 Å². The number of rotatable bonds is 4. The minimum Gasteiger partial charge on any atom is -0.333 e. The third kappa shape index (κ3) is 3.78. The van der Waals surface area contributed by atoms with Gasteiger partial charge in [0.15, 0.2) is 0 Å². The van der Waals surface area contributed by atoms with E-state index in [1.54, 1.807) is 42.5 Å². The minimum absolute atomic E-state index is 0.0687. The van der Waals surface area contributed by atoms with E-state index < -0.39 is 16.1 Å². The zero-order chi connectivity index (χ0) is 16.2. The summed E-state index contributed by atoms with van der Waals surface area (Å²) < 4.78 is 25.2. The highest BCUT2D eigenvalue weighted by Crippen LogP contribution is 2.14. The monoisotopic (exact) mass is 338 g/mol. The molecule has 0 saturated heterocycles. The van der Waals surface area contributed by atoms with Crippen LogP contribution < -0.4 is 5.32 Å². The van der Waals surface area contributed by atoms with Crippen LogP contribution in [0.1, 0.15) is 5.56 Å². The molecule has 0 bridgehead atoms. The molecule has 0 saturated carbocycles. The SMILES string of the molecule is CN(C(=O)NCc1ccc(Cl)cc1)S(=O)(=O)c1ccccc1. The fourth-order valence-corrected chi connectivity index (χ4v) is 2.98. The van der Waals surface area contributed by atoms with E-state index in [0.29, 0.717) is 9.33 Å². The molecule has 116 valence electrons. The molecule has 2 rings (SSSR count). The van der Waals surface area contributed by atoms with Crippen molar-refractivity contribution in [3.05, 3.63) is 65.2 Å². The van der Waals surface area contributed by atoms with Gasteiger partial charge in [-0.15, -0.1) is 0 Å². The second kappa shape index (κ2) is 6.81. The van der Waals surface area contributed by atoms with Crippen LogP contribution in [-0.4, -0.2) is 25.8 Å². The van der Waals surface area contributed by atoms with Crippen molar-refractivity contribution in [1.29, 1.82) is 0 Å². The second-order valence-electron chi connectivity index (χ2n) is 4.57. The fourth-order valence-electron chi connectivity index (χ4n) is 1.75. The largest absolute Gasteiger partial charge is 0.333 e. The first kappa shape index (κ1) is 16.3. The maximum Gasteiger partial charge on any atom is 0.331 e. The number of carbonyl (C=O) groups excluding carboxylic acids is 1. The molecule has 0 aromatic heterocycles. The lowest BCUT2D eigenvalue weighted by Gasteiger charge is -2.18. The highest BCUT2D eigenvalue weighted by molar-refractivity contribution is 7.89. The van der Waals surface area contributed by atoms with Gasteiger partial charge in [-0.05, 0) is 29.8 Å². The smallest absolute Gasteiger partial charge is 0.331 e. The van der Waals surface area contributed by atoms with Crippen LogP contribution in [0.2, 0.25) is 5.02 Å². The van der Waals surface area contributed by atoms with E-state index in [1.165, 1.54) is 19.2 Å². The Labute approximate surface area is 134 Å². The summed E-state index contributed by atoms with van der Waals surface area (Å²) in [6.07, 6.45) is 0. The van der Waals surface area contributed by atoms with Gasteiger partial charge < -0.3 is 5.32 Å². The number of halogens is 1. The van der Waals surface area contributed by atoms with Gasteiger partial charge in [0.2, 0.25) is 0 Å². The van der Waals surface area contributed by atoms with Gasteiger partial charge in [-0.1, -0.05) is 41.9 Å². The molecule has 1 N–H and O–H groups in total. The Hall–Kier alpha value is -2.05. The van der Waals surface area contributed by atoms with E-state index >= 15 is 0 Å². The highest BCUT2D eigenvalue weighted by atomic mass is 35.5. The molecule has 0 atom stereocenters. The van der Waals surface area contributed by atoms with Gasteiger partial charge in [0.25, 0.3) is 10.0 Å². The lowest BCUT2D eigenvalue weighted by Crippen LogP contribution is -2.40. The Morgan fingerprint density at radius 2 is 1.68 bits per heavy atom. The molecule has 0 aliphatic heterocycles. The number of hydrogen-bond acceptors (Lipinski definition) is 3. The first-order chi connectivity index (χ1) is 10.4. The van der Waals surface area contributed by atoms with Crippen LogP contribution in [0.4, 0.5) is 4.79 Å². The van der Waals surface area contributed by atoms with Gasteiger partial charge in [0.05, 0.1) is 4.90 Å². The standard InChI is InChI=1S/C15H15ClN2O3S/c1-18(22(20,21)14-5-3-2-4-6-14)15(19)17-11-12-7-9-13(16)10-8-12/h2-10H,11H2,1H3,(H,17,19). The summed E-state index contributed by atoms with van der Waals surface area (Å²) >= 11 is 5.78. The Balaban J connectivity index is 2.04. The normalized spacial score (nSPS) is 11.0. The maximum atomic E-state index is 12.3. The number of urea groups is 1. The van der Waals surface area contributed by atoms with E-state index in [1.807, 2.05) is 0 Å². The minimum atomic E-state index is -3.85. The van der Waals surface area contributed by atoms with E-state index in [-0.39, 0.29) is 11.4 Å².